The van der Waals surface area contributed by atoms with Gasteiger partial charge in [0.25, 0.3) is 5.69 Å². The number of nitrogens with two attached hydrogens (primary N) is 1. The van der Waals surface area contributed by atoms with Crippen molar-refractivity contribution in [3.63, 3.8) is 0 Å². The molecule has 0 saturated heterocycles. The van der Waals surface area contributed by atoms with Gasteiger partial charge in [0, 0.05) is 17.7 Å². The Hall–Kier alpha value is -2.57. The van der Waals surface area contributed by atoms with Gasteiger partial charge < -0.3 is 15.8 Å². The second kappa shape index (κ2) is 3.54. The lowest BCUT2D eigenvalue weighted by atomic mass is 10.1. The van der Waals surface area contributed by atoms with E-state index in [1.807, 2.05) is 0 Å². The molecule has 1 heterocycles. The first-order valence-electron chi connectivity index (χ1n) is 4.36. The fraction of sp³-hybridized carbons (Fsp3) is 0. The number of nitro benzene ring substituents is 1. The van der Waals surface area contributed by atoms with Crippen molar-refractivity contribution < 1.29 is 10.0 Å². The van der Waals surface area contributed by atoms with Crippen LogP contribution in [-0.2, 0) is 0 Å². The molecule has 0 amide bonds. The average molecular weight is 220 g/mol. The monoisotopic (exact) mass is 220 g/mol. The maximum atomic E-state index is 10.6. The number of nitro groups is 1. The van der Waals surface area contributed by atoms with Crippen LogP contribution in [0.15, 0.2) is 24.4 Å². The Kier molecular flexibility index (Phi) is 2.20. The summed E-state index contributed by atoms with van der Waals surface area (Å²) in [5, 5.41) is 20.1. The zero-order valence-electron chi connectivity index (χ0n) is 8.04. The molecule has 0 fully saturated rings. The molecule has 16 heavy (non-hydrogen) atoms. The third-order valence-electron chi connectivity index (χ3n) is 2.08. The molecule has 0 spiro atoms. The molecular weight excluding hydrogens is 212 g/mol. The number of aromatic hydroxyl groups is 1. The van der Waals surface area contributed by atoms with Gasteiger partial charge in [-0.3, -0.25) is 10.1 Å². The van der Waals surface area contributed by atoms with Crippen molar-refractivity contribution in [2.24, 2.45) is 0 Å². The SMILES string of the molecule is Nc1ncc(-c2cc([N+](=O)[O-])ccc2O)[nH]1. The van der Waals surface area contributed by atoms with E-state index >= 15 is 0 Å². The van der Waals surface area contributed by atoms with Crippen molar-refractivity contribution in [3.8, 4) is 17.0 Å². The van der Waals surface area contributed by atoms with Gasteiger partial charge in [0.1, 0.15) is 5.75 Å². The van der Waals surface area contributed by atoms with Gasteiger partial charge in [0.05, 0.1) is 16.8 Å². The topological polar surface area (TPSA) is 118 Å². The lowest BCUT2D eigenvalue weighted by molar-refractivity contribution is -0.384. The Morgan fingerprint density at radius 1 is 1.50 bits per heavy atom. The summed E-state index contributed by atoms with van der Waals surface area (Å²) in [6.07, 6.45) is 1.40. The predicted octanol–water partition coefficient (Wildman–Crippen LogP) is 1.27. The average Bonchev–Trinajstić information content (AvgIpc) is 2.65. The molecule has 0 aliphatic rings. The summed E-state index contributed by atoms with van der Waals surface area (Å²) in [5.41, 5.74) is 5.99. The number of rotatable bonds is 2. The molecule has 0 aliphatic carbocycles. The number of nitrogens with zero attached hydrogens (tertiary/aromatic N) is 2. The Bertz CT molecular complexity index is 549. The first-order valence-corrected chi connectivity index (χ1v) is 4.36. The highest BCUT2D eigenvalue weighted by Gasteiger charge is 2.13. The first kappa shape index (κ1) is 9.97. The molecule has 0 atom stereocenters. The largest absolute Gasteiger partial charge is 0.507 e. The minimum Gasteiger partial charge on any atom is -0.507 e. The van der Waals surface area contributed by atoms with Crippen molar-refractivity contribution >= 4 is 11.6 Å². The summed E-state index contributed by atoms with van der Waals surface area (Å²) >= 11 is 0. The number of H-pyrrole nitrogens is 1. The van der Waals surface area contributed by atoms with E-state index in [1.54, 1.807) is 0 Å². The summed E-state index contributed by atoms with van der Waals surface area (Å²) in [4.78, 5) is 16.5. The smallest absolute Gasteiger partial charge is 0.270 e. The molecule has 1 aromatic carbocycles. The quantitative estimate of drug-likeness (QED) is 0.520. The van der Waals surface area contributed by atoms with Crippen molar-refractivity contribution in [3.05, 3.63) is 34.5 Å². The molecule has 7 nitrogen and oxygen atoms in total. The maximum Gasteiger partial charge on any atom is 0.270 e. The third kappa shape index (κ3) is 1.65. The van der Waals surface area contributed by atoms with E-state index in [0.717, 1.165) is 0 Å². The lowest BCUT2D eigenvalue weighted by Gasteiger charge is -2.01. The van der Waals surface area contributed by atoms with Crippen LogP contribution in [0, 0.1) is 10.1 Å². The van der Waals surface area contributed by atoms with Gasteiger partial charge >= 0.3 is 0 Å². The fourth-order valence-corrected chi connectivity index (χ4v) is 1.33. The number of imidazole rings is 1. The number of nitrogens with one attached hydrogen (secondary N) is 1. The molecule has 0 saturated carbocycles. The Balaban J connectivity index is 2.55. The van der Waals surface area contributed by atoms with Crippen LogP contribution >= 0.6 is 0 Å². The van der Waals surface area contributed by atoms with Crippen molar-refractivity contribution in [2.75, 3.05) is 5.73 Å². The maximum absolute atomic E-state index is 10.6. The summed E-state index contributed by atoms with van der Waals surface area (Å²) < 4.78 is 0. The zero-order chi connectivity index (χ0) is 11.7. The van der Waals surface area contributed by atoms with E-state index in [2.05, 4.69) is 9.97 Å². The van der Waals surface area contributed by atoms with Gasteiger partial charge in [-0.15, -0.1) is 0 Å². The highest BCUT2D eigenvalue weighted by atomic mass is 16.6. The second-order valence-electron chi connectivity index (χ2n) is 3.14. The van der Waals surface area contributed by atoms with Gasteiger partial charge in [-0.2, -0.15) is 0 Å². The molecule has 0 bridgehead atoms. The van der Waals surface area contributed by atoms with Gasteiger partial charge in [-0.25, -0.2) is 4.98 Å². The number of non-ortho nitro benzene ring substituents is 1. The molecule has 82 valence electrons. The number of benzene rings is 1. The first-order chi connectivity index (χ1) is 7.58. The third-order valence-corrected chi connectivity index (χ3v) is 2.08. The summed E-state index contributed by atoms with van der Waals surface area (Å²) in [7, 11) is 0. The molecule has 2 rings (SSSR count). The van der Waals surface area contributed by atoms with Crippen LogP contribution in [0.2, 0.25) is 0 Å². The minimum atomic E-state index is -0.539. The van der Waals surface area contributed by atoms with Crippen molar-refractivity contribution in [2.45, 2.75) is 0 Å². The van der Waals surface area contributed by atoms with E-state index in [4.69, 9.17) is 5.73 Å². The number of anilines is 1. The van der Waals surface area contributed by atoms with Crippen LogP contribution in [0.1, 0.15) is 0 Å². The standard InChI is InChI=1S/C9H8N4O3/c10-9-11-4-7(12-9)6-3-5(13(15)16)1-2-8(6)14/h1-4,14H,(H3,10,11,12). The molecule has 1 aromatic heterocycles. The Morgan fingerprint density at radius 2 is 2.25 bits per heavy atom. The lowest BCUT2D eigenvalue weighted by Crippen LogP contribution is -1.89. The number of hydrogen-bond acceptors (Lipinski definition) is 5. The fourth-order valence-electron chi connectivity index (χ4n) is 1.33. The van der Waals surface area contributed by atoms with Crippen LogP contribution in [0.3, 0.4) is 0 Å². The van der Waals surface area contributed by atoms with E-state index in [9.17, 15) is 15.2 Å². The number of aromatic nitrogens is 2. The summed E-state index contributed by atoms with van der Waals surface area (Å²) in [6.45, 7) is 0. The summed E-state index contributed by atoms with van der Waals surface area (Å²) in [6, 6.07) is 3.73. The van der Waals surface area contributed by atoms with Crippen LogP contribution in [-0.4, -0.2) is 20.0 Å². The second-order valence-corrected chi connectivity index (χ2v) is 3.14. The van der Waals surface area contributed by atoms with Crippen LogP contribution < -0.4 is 5.73 Å². The molecule has 0 radical (unpaired) electrons. The van der Waals surface area contributed by atoms with Crippen molar-refractivity contribution in [1.82, 2.24) is 9.97 Å². The van der Waals surface area contributed by atoms with Crippen molar-refractivity contribution in [1.29, 1.82) is 0 Å². The highest BCUT2D eigenvalue weighted by molar-refractivity contribution is 5.70. The normalized spacial score (nSPS) is 10.2. The number of nitrogen functional groups attached to an aromatic ring is 1. The van der Waals surface area contributed by atoms with Crippen LogP contribution in [0.4, 0.5) is 11.6 Å². The molecular formula is C9H8N4O3. The van der Waals surface area contributed by atoms with Crippen LogP contribution in [0.5, 0.6) is 5.75 Å². The highest BCUT2D eigenvalue weighted by Crippen LogP contribution is 2.31. The zero-order valence-corrected chi connectivity index (χ0v) is 8.04. The minimum absolute atomic E-state index is 0.0748. The van der Waals surface area contributed by atoms with E-state index in [0.29, 0.717) is 11.3 Å². The number of phenolic OH excluding ortho intramolecular Hbond substituents is 1. The van der Waals surface area contributed by atoms with E-state index < -0.39 is 4.92 Å². The van der Waals surface area contributed by atoms with Gasteiger partial charge in [-0.05, 0) is 6.07 Å². The van der Waals surface area contributed by atoms with Gasteiger partial charge in [0.15, 0.2) is 5.95 Å². The van der Waals surface area contributed by atoms with E-state index in [1.165, 1.54) is 24.4 Å². The molecule has 0 unspecified atom stereocenters. The number of phenols is 1. The van der Waals surface area contributed by atoms with Gasteiger partial charge in [-0.1, -0.05) is 0 Å². The predicted molar refractivity (Wildman–Crippen MR) is 56.8 cm³/mol. The summed E-state index contributed by atoms with van der Waals surface area (Å²) in [5.74, 6) is 0.107. The van der Waals surface area contributed by atoms with E-state index in [-0.39, 0.29) is 17.4 Å². The Labute approximate surface area is 89.7 Å². The number of aromatic amines is 1. The van der Waals surface area contributed by atoms with Gasteiger partial charge in [0.2, 0.25) is 0 Å². The molecule has 4 N–H and O–H groups in total. The Morgan fingerprint density at radius 3 is 2.81 bits per heavy atom. The molecule has 0 aliphatic heterocycles. The van der Waals surface area contributed by atoms with Crippen LogP contribution in [0.25, 0.3) is 11.3 Å². The molecule has 2 aromatic rings. The molecule has 7 heteroatoms. The number of hydrogen-bond donors (Lipinski definition) is 3.